The van der Waals surface area contributed by atoms with Gasteiger partial charge >= 0.3 is 0 Å². The highest BCUT2D eigenvalue weighted by molar-refractivity contribution is 5.83. The van der Waals surface area contributed by atoms with Gasteiger partial charge in [0.2, 0.25) is 5.71 Å². The summed E-state index contributed by atoms with van der Waals surface area (Å²) in [6, 6.07) is 1.91. The number of hydrogen-bond donors (Lipinski definition) is 0. The third-order valence-corrected chi connectivity index (χ3v) is 9.91. The minimum atomic E-state index is -0.404. The molecule has 49 heavy (non-hydrogen) atoms. The molecule has 0 aliphatic rings. The molecule has 260 valence electrons. The SMILES string of the molecule is CC(C)(C)c1oc2ncncc2c1C(C)(C)CC(C)(C)c1oc2cnncc2c1C(C)(C)CC(C)(C)c1oc2ccnnc2c1C(C)(C)C. The fourth-order valence-electron chi connectivity index (χ4n) is 8.62. The highest BCUT2D eigenvalue weighted by atomic mass is 16.4. The molecule has 0 aromatic carbocycles. The molecule has 0 N–H and O–H groups in total. The first kappa shape index (κ1) is 34.7. The number of rotatable bonds is 8. The molecule has 0 aliphatic carbocycles. The Kier molecular flexibility index (Phi) is 7.93. The normalized spacial score (nSPS) is 14.1. The summed E-state index contributed by atoms with van der Waals surface area (Å²) in [6.45, 7) is 31.5. The molecule has 9 heteroatoms. The van der Waals surface area contributed by atoms with Crippen molar-refractivity contribution < 1.29 is 13.3 Å². The van der Waals surface area contributed by atoms with Crippen molar-refractivity contribution in [1.82, 2.24) is 30.4 Å². The van der Waals surface area contributed by atoms with Crippen LogP contribution in [0.2, 0.25) is 0 Å². The van der Waals surface area contributed by atoms with Crippen molar-refractivity contribution in [2.75, 3.05) is 0 Å². The van der Waals surface area contributed by atoms with E-state index < -0.39 is 5.41 Å². The lowest BCUT2D eigenvalue weighted by Gasteiger charge is -2.39. The third-order valence-electron chi connectivity index (χ3n) is 9.91. The Morgan fingerprint density at radius 3 is 1.71 bits per heavy atom. The van der Waals surface area contributed by atoms with Gasteiger partial charge in [0, 0.05) is 50.6 Å². The number of aromatic nitrogens is 6. The third kappa shape index (κ3) is 6.03. The molecule has 0 amide bonds. The van der Waals surface area contributed by atoms with Gasteiger partial charge in [0.05, 0.1) is 24.0 Å². The van der Waals surface area contributed by atoms with E-state index in [2.05, 4.69) is 127 Å². The second-order valence-corrected chi connectivity index (χ2v) is 18.6. The second kappa shape index (κ2) is 11.2. The van der Waals surface area contributed by atoms with Crippen LogP contribution < -0.4 is 0 Å². The van der Waals surface area contributed by atoms with E-state index in [-0.39, 0.29) is 27.1 Å². The Balaban J connectivity index is 1.47. The summed E-state index contributed by atoms with van der Waals surface area (Å²) < 4.78 is 19.9. The lowest BCUT2D eigenvalue weighted by atomic mass is 9.64. The van der Waals surface area contributed by atoms with Crippen LogP contribution in [-0.4, -0.2) is 30.4 Å². The summed E-state index contributed by atoms with van der Waals surface area (Å²) in [5.74, 6) is 2.83. The van der Waals surface area contributed by atoms with Gasteiger partial charge in [0.25, 0.3) is 0 Å². The highest BCUT2D eigenvalue weighted by Gasteiger charge is 2.46. The van der Waals surface area contributed by atoms with Crippen LogP contribution in [0.3, 0.4) is 0 Å². The quantitative estimate of drug-likeness (QED) is 0.157. The fraction of sp³-hybridized carbons (Fsp3) is 0.550. The maximum Gasteiger partial charge on any atom is 0.229 e. The molecule has 6 heterocycles. The molecule has 0 radical (unpaired) electrons. The Bertz CT molecular complexity index is 2170. The smallest absolute Gasteiger partial charge is 0.229 e. The van der Waals surface area contributed by atoms with Gasteiger partial charge in [-0.2, -0.15) is 15.3 Å². The van der Waals surface area contributed by atoms with Gasteiger partial charge in [-0.1, -0.05) is 96.9 Å². The van der Waals surface area contributed by atoms with Gasteiger partial charge in [-0.3, -0.25) is 0 Å². The van der Waals surface area contributed by atoms with Crippen LogP contribution in [0.1, 0.15) is 144 Å². The van der Waals surface area contributed by atoms with Crippen molar-refractivity contribution in [1.29, 1.82) is 0 Å². The predicted octanol–water partition coefficient (Wildman–Crippen LogP) is 10.2. The van der Waals surface area contributed by atoms with Crippen molar-refractivity contribution in [3.05, 3.63) is 71.2 Å². The van der Waals surface area contributed by atoms with Crippen molar-refractivity contribution in [2.24, 2.45) is 0 Å². The Labute approximate surface area is 289 Å². The fourth-order valence-corrected chi connectivity index (χ4v) is 8.62. The first-order chi connectivity index (χ1) is 22.5. The Morgan fingerprint density at radius 1 is 0.531 bits per heavy atom. The summed E-state index contributed by atoms with van der Waals surface area (Å²) in [5.41, 5.74) is 4.49. The van der Waals surface area contributed by atoms with Crippen LogP contribution in [0.4, 0.5) is 0 Å². The molecule has 6 aromatic heterocycles. The maximum absolute atomic E-state index is 6.85. The largest absolute Gasteiger partial charge is 0.458 e. The average molecular weight is 665 g/mol. The van der Waals surface area contributed by atoms with E-state index in [1.165, 1.54) is 0 Å². The summed E-state index contributed by atoms with van der Waals surface area (Å²) >= 11 is 0. The molecule has 0 saturated carbocycles. The van der Waals surface area contributed by atoms with E-state index in [0.29, 0.717) is 5.71 Å². The predicted molar refractivity (Wildman–Crippen MR) is 194 cm³/mol. The highest BCUT2D eigenvalue weighted by Crippen LogP contribution is 2.52. The van der Waals surface area contributed by atoms with Crippen molar-refractivity contribution >= 4 is 33.2 Å². The molecule has 0 fully saturated rings. The standard InChI is InChI=1S/C40H52N6O3/c1-35(2,3)29-30-25(15-16-43-46-30)47-33(29)40(13,14)20-37(7,8)27-23-18-44-45-19-26(23)48-32(27)39(11,12)21-38(9,10)28-24-17-41-22-42-34(24)49-31(28)36(4,5)6/h15-19,22H,20-21H2,1-14H3. The summed E-state index contributed by atoms with van der Waals surface area (Å²) in [5, 5.41) is 19.2. The van der Waals surface area contributed by atoms with Crippen LogP contribution in [0.25, 0.3) is 33.2 Å². The summed E-state index contributed by atoms with van der Waals surface area (Å²) in [6.07, 6.45) is 10.3. The van der Waals surface area contributed by atoms with Crippen molar-refractivity contribution in [3.8, 4) is 0 Å². The first-order valence-corrected chi connectivity index (χ1v) is 17.3. The summed E-state index contributed by atoms with van der Waals surface area (Å²) in [4.78, 5) is 8.88. The van der Waals surface area contributed by atoms with Gasteiger partial charge in [0.1, 0.15) is 29.1 Å². The van der Waals surface area contributed by atoms with Crippen molar-refractivity contribution in [2.45, 2.75) is 142 Å². The van der Waals surface area contributed by atoms with Crippen LogP contribution in [0.5, 0.6) is 0 Å². The molecule has 0 unspecified atom stereocenters. The maximum atomic E-state index is 6.85. The van der Waals surface area contributed by atoms with E-state index in [1.807, 2.05) is 18.5 Å². The monoisotopic (exact) mass is 664 g/mol. The van der Waals surface area contributed by atoms with Crippen LogP contribution in [0.15, 0.2) is 50.4 Å². The van der Waals surface area contributed by atoms with Crippen LogP contribution in [-0.2, 0) is 32.5 Å². The molecule has 0 spiro atoms. The molecule has 6 aromatic rings. The lowest BCUT2D eigenvalue weighted by molar-refractivity contribution is 0.270. The van der Waals surface area contributed by atoms with Gasteiger partial charge in [-0.25, -0.2) is 9.97 Å². The molecule has 0 saturated heterocycles. The van der Waals surface area contributed by atoms with Gasteiger partial charge in [0.15, 0.2) is 11.2 Å². The van der Waals surface area contributed by atoms with Crippen molar-refractivity contribution in [3.63, 3.8) is 0 Å². The lowest BCUT2D eigenvalue weighted by Crippen LogP contribution is -2.35. The van der Waals surface area contributed by atoms with Gasteiger partial charge in [-0.15, -0.1) is 5.10 Å². The molecule has 0 aliphatic heterocycles. The van der Waals surface area contributed by atoms with E-state index >= 15 is 0 Å². The topological polar surface area (TPSA) is 117 Å². The molecule has 6 rings (SSSR count). The minimum Gasteiger partial charge on any atom is -0.458 e. The number of fused-ring (bicyclic) bond motifs is 3. The van der Waals surface area contributed by atoms with E-state index in [4.69, 9.17) is 13.3 Å². The zero-order valence-electron chi connectivity index (χ0n) is 31.8. The average Bonchev–Trinajstić information content (AvgIpc) is 3.68. The Morgan fingerprint density at radius 2 is 1.10 bits per heavy atom. The second-order valence-electron chi connectivity index (χ2n) is 18.6. The number of hydrogen-bond acceptors (Lipinski definition) is 9. The van der Waals surface area contributed by atoms with Gasteiger partial charge in [-0.05, 0) is 29.1 Å². The molecular weight excluding hydrogens is 612 g/mol. The number of furan rings is 3. The van der Waals surface area contributed by atoms with E-state index in [1.54, 1.807) is 18.7 Å². The van der Waals surface area contributed by atoms with Gasteiger partial charge < -0.3 is 13.3 Å². The zero-order valence-corrected chi connectivity index (χ0v) is 31.8. The van der Waals surface area contributed by atoms with E-state index in [9.17, 15) is 0 Å². The summed E-state index contributed by atoms with van der Waals surface area (Å²) in [7, 11) is 0. The van der Waals surface area contributed by atoms with Crippen LogP contribution in [0, 0.1) is 0 Å². The minimum absolute atomic E-state index is 0.192. The molecule has 9 nitrogen and oxygen atoms in total. The molecule has 0 atom stereocenters. The Hall–Kier alpha value is -4.14. The van der Waals surface area contributed by atoms with Crippen LogP contribution >= 0.6 is 0 Å². The van der Waals surface area contributed by atoms with E-state index in [0.717, 1.165) is 74.3 Å². The molecule has 0 bridgehead atoms. The number of nitrogens with zero attached hydrogens (tertiary/aromatic N) is 6. The first-order valence-electron chi connectivity index (χ1n) is 17.3. The zero-order chi connectivity index (χ0) is 35.9. The molecular formula is C40H52N6O3.